The van der Waals surface area contributed by atoms with Crippen LogP contribution in [0.2, 0.25) is 0 Å². The van der Waals surface area contributed by atoms with E-state index in [1.54, 1.807) is 10.9 Å². The molecule has 0 radical (unpaired) electrons. The highest BCUT2D eigenvalue weighted by atomic mass is 32.2. The number of rotatable bonds is 5. The number of hydrazine groups is 1. The molecule has 0 fully saturated rings. The van der Waals surface area contributed by atoms with E-state index in [9.17, 15) is 22.0 Å². The Morgan fingerprint density at radius 2 is 1.87 bits per heavy atom. The van der Waals surface area contributed by atoms with Gasteiger partial charge in [-0.15, -0.1) is 16.2 Å². The lowest BCUT2D eigenvalue weighted by Gasteiger charge is -2.09. The molecule has 0 atom stereocenters. The molecule has 0 saturated heterocycles. The molecule has 23 heavy (non-hydrogen) atoms. The van der Waals surface area contributed by atoms with Crippen LogP contribution in [-0.4, -0.2) is 14.3 Å². The molecule has 0 bridgehead atoms. The molecule has 0 aliphatic carbocycles. The first kappa shape index (κ1) is 17.5. The zero-order valence-corrected chi connectivity index (χ0v) is 13.9. The fourth-order valence-corrected chi connectivity index (χ4v) is 3.94. The van der Waals surface area contributed by atoms with Crippen molar-refractivity contribution in [2.45, 2.75) is 25.2 Å². The molecule has 0 saturated carbocycles. The molecule has 0 aliphatic rings. The van der Waals surface area contributed by atoms with Crippen molar-refractivity contribution in [1.82, 2.24) is 10.3 Å². The predicted octanol–water partition coefficient (Wildman–Crippen LogP) is 2.52. The Labute approximate surface area is 136 Å². The van der Waals surface area contributed by atoms with Crippen LogP contribution < -0.4 is 10.3 Å². The molecule has 0 aliphatic heterocycles. The summed E-state index contributed by atoms with van der Waals surface area (Å²) < 4.78 is 50.9. The summed E-state index contributed by atoms with van der Waals surface area (Å²) in [6.07, 6.45) is 0.746. The van der Waals surface area contributed by atoms with Gasteiger partial charge in [-0.05, 0) is 37.1 Å². The smallest absolute Gasteiger partial charge is 0.273 e. The number of aryl methyl sites for hydroxylation is 2. The van der Waals surface area contributed by atoms with Gasteiger partial charge in [-0.1, -0.05) is 13.0 Å². The summed E-state index contributed by atoms with van der Waals surface area (Å²) in [5, 5.41) is 0. The summed E-state index contributed by atoms with van der Waals surface area (Å²) in [5.74, 6) is -3.18. The van der Waals surface area contributed by atoms with Crippen molar-refractivity contribution >= 4 is 27.3 Å². The molecule has 2 aromatic rings. The van der Waals surface area contributed by atoms with Gasteiger partial charge in [0.05, 0.1) is 4.88 Å². The molecule has 0 unspecified atom stereocenters. The molecule has 1 amide bonds. The average Bonchev–Trinajstić information content (AvgIpc) is 2.85. The summed E-state index contributed by atoms with van der Waals surface area (Å²) in [7, 11) is -4.56. The van der Waals surface area contributed by atoms with Crippen LogP contribution in [0.4, 0.5) is 8.78 Å². The number of carbonyl (C=O) groups is 1. The maximum atomic E-state index is 13.5. The second-order valence-corrected chi connectivity index (χ2v) is 7.44. The maximum Gasteiger partial charge on any atom is 0.276 e. The first-order valence-corrected chi connectivity index (χ1v) is 8.91. The molecule has 1 aromatic carbocycles. The summed E-state index contributed by atoms with van der Waals surface area (Å²) in [4.78, 5) is 13.8. The zero-order chi connectivity index (χ0) is 17.2. The number of nitrogens with one attached hydrogen (secondary N) is 2. The lowest BCUT2D eigenvalue weighted by atomic mass is 10.2. The van der Waals surface area contributed by atoms with Gasteiger partial charge in [0.2, 0.25) is 0 Å². The van der Waals surface area contributed by atoms with Gasteiger partial charge in [0.25, 0.3) is 15.9 Å². The van der Waals surface area contributed by atoms with Crippen LogP contribution in [0.15, 0.2) is 29.2 Å². The molecule has 5 nitrogen and oxygen atoms in total. The Balaban J connectivity index is 2.17. The molecular formula is C14H14F2N2O3S2. The van der Waals surface area contributed by atoms with Gasteiger partial charge in [-0.25, -0.2) is 17.2 Å². The first-order chi connectivity index (χ1) is 10.8. The minimum Gasteiger partial charge on any atom is -0.273 e. The van der Waals surface area contributed by atoms with Crippen molar-refractivity contribution in [3.63, 3.8) is 0 Å². The normalized spacial score (nSPS) is 11.5. The summed E-state index contributed by atoms with van der Waals surface area (Å²) >= 11 is 1.23. The van der Waals surface area contributed by atoms with Crippen molar-refractivity contribution in [3.05, 3.63) is 51.2 Å². The van der Waals surface area contributed by atoms with Crippen molar-refractivity contribution in [2.75, 3.05) is 0 Å². The number of hydrogen-bond acceptors (Lipinski definition) is 4. The first-order valence-electron chi connectivity index (χ1n) is 6.61. The van der Waals surface area contributed by atoms with Gasteiger partial charge < -0.3 is 0 Å². The highest BCUT2D eigenvalue weighted by molar-refractivity contribution is 7.89. The maximum absolute atomic E-state index is 13.5. The summed E-state index contributed by atoms with van der Waals surface area (Å²) in [6.45, 7) is 3.77. The van der Waals surface area contributed by atoms with Gasteiger partial charge >= 0.3 is 0 Å². The molecule has 2 N–H and O–H groups in total. The van der Waals surface area contributed by atoms with E-state index in [0.29, 0.717) is 4.88 Å². The summed E-state index contributed by atoms with van der Waals surface area (Å²) in [5.41, 5.74) is 2.88. The van der Waals surface area contributed by atoms with Crippen LogP contribution in [-0.2, 0) is 16.4 Å². The number of thiophene rings is 1. The second-order valence-electron chi connectivity index (χ2n) is 4.68. The molecule has 9 heteroatoms. The molecule has 1 heterocycles. The van der Waals surface area contributed by atoms with Crippen LogP contribution in [0.3, 0.4) is 0 Å². The quantitative estimate of drug-likeness (QED) is 0.805. The highest BCUT2D eigenvalue weighted by Gasteiger charge is 2.24. The minimum atomic E-state index is -4.56. The van der Waals surface area contributed by atoms with Gasteiger partial charge in [-0.2, -0.15) is 0 Å². The van der Waals surface area contributed by atoms with Crippen molar-refractivity contribution in [1.29, 1.82) is 0 Å². The fraction of sp³-hybridized carbons (Fsp3) is 0.214. The van der Waals surface area contributed by atoms with Gasteiger partial charge in [-0.3, -0.25) is 10.2 Å². The molecule has 2 rings (SSSR count). The van der Waals surface area contributed by atoms with Crippen molar-refractivity contribution in [2.24, 2.45) is 0 Å². The third-order valence-corrected chi connectivity index (χ3v) is 5.73. The Morgan fingerprint density at radius 1 is 1.26 bits per heavy atom. The Hall–Kier alpha value is -1.84. The Morgan fingerprint density at radius 3 is 2.39 bits per heavy atom. The lowest BCUT2D eigenvalue weighted by molar-refractivity contribution is 0.0949. The van der Waals surface area contributed by atoms with Crippen LogP contribution in [0, 0.1) is 18.6 Å². The van der Waals surface area contributed by atoms with E-state index in [1.807, 2.05) is 19.3 Å². The fourth-order valence-electron chi connectivity index (χ4n) is 1.95. The van der Waals surface area contributed by atoms with E-state index in [0.717, 1.165) is 35.1 Å². The van der Waals surface area contributed by atoms with Gasteiger partial charge in [0.1, 0.15) is 11.6 Å². The SMILES string of the molecule is CCc1sc(C(=O)NNS(=O)(=O)c2c(F)cccc2F)cc1C. The third-order valence-electron chi connectivity index (χ3n) is 3.05. The average molecular weight is 360 g/mol. The number of benzene rings is 1. The minimum absolute atomic E-state index is 0.302. The Kier molecular flexibility index (Phi) is 5.12. The van der Waals surface area contributed by atoms with Crippen molar-refractivity contribution < 1.29 is 22.0 Å². The van der Waals surface area contributed by atoms with Crippen LogP contribution in [0.5, 0.6) is 0 Å². The van der Waals surface area contributed by atoms with Crippen molar-refractivity contribution in [3.8, 4) is 0 Å². The highest BCUT2D eigenvalue weighted by Crippen LogP contribution is 2.22. The van der Waals surface area contributed by atoms with E-state index in [1.165, 1.54) is 11.3 Å². The number of sulfonamides is 1. The van der Waals surface area contributed by atoms with Crippen LogP contribution in [0.25, 0.3) is 0 Å². The van der Waals surface area contributed by atoms with E-state index >= 15 is 0 Å². The predicted molar refractivity (Wildman–Crippen MR) is 82.6 cm³/mol. The van der Waals surface area contributed by atoms with Crippen LogP contribution in [0.1, 0.15) is 27.0 Å². The Bertz CT molecular complexity index is 827. The second kappa shape index (κ2) is 6.73. The van der Waals surface area contributed by atoms with Gasteiger partial charge in [0.15, 0.2) is 4.90 Å². The van der Waals surface area contributed by atoms with E-state index in [2.05, 4.69) is 0 Å². The molecule has 1 aromatic heterocycles. The zero-order valence-electron chi connectivity index (χ0n) is 12.3. The molecule has 0 spiro atoms. The monoisotopic (exact) mass is 360 g/mol. The number of amides is 1. The third kappa shape index (κ3) is 3.74. The number of halogens is 2. The van der Waals surface area contributed by atoms with Crippen LogP contribution >= 0.6 is 11.3 Å². The molecular weight excluding hydrogens is 346 g/mol. The summed E-state index contributed by atoms with van der Waals surface area (Å²) in [6, 6.07) is 4.30. The standard InChI is InChI=1S/C14H14F2N2O3S2/c1-3-11-8(2)7-12(22-11)14(19)17-18-23(20,21)13-9(15)5-4-6-10(13)16/h4-7,18H,3H2,1-2H3,(H,17,19). The van der Waals surface area contributed by atoms with E-state index < -0.39 is 32.5 Å². The largest absolute Gasteiger partial charge is 0.276 e. The van der Waals surface area contributed by atoms with E-state index in [4.69, 9.17) is 0 Å². The number of hydrogen-bond donors (Lipinski definition) is 2. The lowest BCUT2D eigenvalue weighted by Crippen LogP contribution is -2.41. The topological polar surface area (TPSA) is 75.3 Å². The van der Waals surface area contributed by atoms with E-state index in [-0.39, 0.29) is 0 Å². The van der Waals surface area contributed by atoms with Gasteiger partial charge in [0, 0.05) is 4.88 Å². The molecule has 124 valence electrons. The number of carbonyl (C=O) groups excluding carboxylic acids is 1.